The summed E-state index contributed by atoms with van der Waals surface area (Å²) in [4.78, 5) is 62.4. The number of nitrogens with one attached hydrogen (secondary N) is 1. The molecule has 1 saturated carbocycles. The second-order valence-electron chi connectivity index (χ2n) is 9.85. The molecule has 3 N–H and O–H groups in total. The van der Waals surface area contributed by atoms with Crippen LogP contribution >= 0.6 is 23.1 Å². The van der Waals surface area contributed by atoms with E-state index in [-0.39, 0.29) is 64.0 Å². The molecule has 1 aromatic rings. The number of carboxylic acids is 1. The van der Waals surface area contributed by atoms with Crippen LogP contribution in [0.5, 0.6) is 0 Å². The van der Waals surface area contributed by atoms with E-state index in [1.165, 1.54) is 16.7 Å². The minimum Gasteiger partial charge on any atom is -0.548 e. The Kier molecular flexibility index (Phi) is 9.21. The van der Waals surface area contributed by atoms with Crippen molar-refractivity contribution in [2.45, 2.75) is 67.8 Å². The number of thiazole rings is 1. The Hall–Kier alpha value is -1.87. The maximum atomic E-state index is 13.2. The summed E-state index contributed by atoms with van der Waals surface area (Å²) in [6.45, 7) is 3.45. The molecule has 3 aliphatic rings. The van der Waals surface area contributed by atoms with Gasteiger partial charge in [0.15, 0.2) is 10.8 Å². The van der Waals surface area contributed by atoms with Crippen molar-refractivity contribution in [2.75, 3.05) is 19.8 Å². The van der Waals surface area contributed by atoms with Gasteiger partial charge in [0, 0.05) is 30.1 Å². The van der Waals surface area contributed by atoms with Gasteiger partial charge in [-0.3, -0.25) is 14.4 Å². The number of nitrogens with zero attached hydrogens (tertiary/aromatic N) is 4. The molecule has 3 atom stereocenters. The average molecular weight is 561 g/mol. The number of β-lactam (4-membered cyclic amide) rings is 1. The number of aliphatic carboxylic acids is 1. The molecule has 0 bridgehead atoms. The zero-order valence-electron chi connectivity index (χ0n) is 21.4. The van der Waals surface area contributed by atoms with E-state index < -0.39 is 40.0 Å². The molecule has 3 heterocycles. The number of carboxylic acid groups (broad SMARTS) is 1. The molecular weight excluding hydrogens is 531 g/mol. The van der Waals surface area contributed by atoms with Gasteiger partial charge in [-0.2, -0.15) is 0 Å². The Morgan fingerprint density at radius 1 is 1.27 bits per heavy atom. The Balaban J connectivity index is 0.00000380. The summed E-state index contributed by atoms with van der Waals surface area (Å²) in [7, 11) is 3.46. The fourth-order valence-electron chi connectivity index (χ4n) is 4.84. The van der Waals surface area contributed by atoms with Crippen LogP contribution in [-0.2, 0) is 24.0 Å². The van der Waals surface area contributed by atoms with Crippen LogP contribution in [0.4, 0.5) is 5.13 Å². The molecule has 4 rings (SSSR count). The van der Waals surface area contributed by atoms with E-state index in [1.807, 2.05) is 0 Å². The first-order chi connectivity index (χ1) is 16.9. The van der Waals surface area contributed by atoms with Crippen molar-refractivity contribution in [3.8, 4) is 0 Å². The number of thioether (sulfide) groups is 1. The molecule has 0 aromatic carbocycles. The molecule has 0 spiro atoms. The van der Waals surface area contributed by atoms with Gasteiger partial charge >= 0.3 is 29.6 Å². The number of anilines is 1. The first-order valence-corrected chi connectivity index (χ1v) is 13.3. The van der Waals surface area contributed by atoms with E-state index in [0.29, 0.717) is 25.7 Å². The standard InChI is InChI=1S/C22H30N6O6S2.Na/c1-22(2)15(20(32)33)28-18(31)14(19(28)36-22)25-16(29)13(12-9-35-21(23)24-12)26-34-11-7-5-10(6-8-11)17(30)27(3)4;/h9-11,14-15,19H,5-8H2,1-4H3,(H2,23,24)(H,25,29)(H,32,33);/q;+1/p-1/b26-13-;/t10?,11?,14-,15-,19+;/m0./s1. The Morgan fingerprint density at radius 3 is 2.46 bits per heavy atom. The van der Waals surface area contributed by atoms with Crippen LogP contribution in [0.1, 0.15) is 45.2 Å². The number of nitrogen functional groups attached to an aromatic ring is 1. The summed E-state index contributed by atoms with van der Waals surface area (Å²) < 4.78 is -0.769. The first-order valence-electron chi connectivity index (χ1n) is 11.6. The Bertz CT molecular complexity index is 1100. The fraction of sp³-hybridized carbons (Fsp3) is 0.636. The van der Waals surface area contributed by atoms with E-state index in [2.05, 4.69) is 15.5 Å². The summed E-state index contributed by atoms with van der Waals surface area (Å²) in [5.41, 5.74) is 5.83. The molecule has 37 heavy (non-hydrogen) atoms. The summed E-state index contributed by atoms with van der Waals surface area (Å²) in [6, 6.07) is -2.00. The average Bonchev–Trinajstić information content (AvgIpc) is 3.35. The number of oxime groups is 1. The Labute approximate surface area is 245 Å². The fourth-order valence-corrected chi connectivity index (χ4v) is 7.01. The van der Waals surface area contributed by atoms with Gasteiger partial charge in [0.1, 0.15) is 23.2 Å². The van der Waals surface area contributed by atoms with Crippen molar-refractivity contribution in [3.63, 3.8) is 0 Å². The molecule has 12 nitrogen and oxygen atoms in total. The van der Waals surface area contributed by atoms with Gasteiger partial charge in [0.2, 0.25) is 11.8 Å². The maximum Gasteiger partial charge on any atom is 1.00 e. The number of hydrogen-bond donors (Lipinski definition) is 2. The van der Waals surface area contributed by atoms with Crippen LogP contribution in [0.3, 0.4) is 0 Å². The first kappa shape index (κ1) is 29.7. The molecule has 1 aliphatic carbocycles. The minimum atomic E-state index is -1.33. The van der Waals surface area contributed by atoms with Crippen molar-refractivity contribution in [2.24, 2.45) is 11.1 Å². The van der Waals surface area contributed by atoms with Gasteiger partial charge in [-0.25, -0.2) is 4.98 Å². The number of carbonyl (C=O) groups is 4. The van der Waals surface area contributed by atoms with Gasteiger partial charge in [-0.05, 0) is 39.5 Å². The third-order valence-corrected chi connectivity index (χ3v) is 8.93. The maximum absolute atomic E-state index is 13.2. The van der Waals surface area contributed by atoms with E-state index >= 15 is 0 Å². The number of nitrogens with two attached hydrogens (primary N) is 1. The molecule has 2 saturated heterocycles. The Morgan fingerprint density at radius 2 is 1.92 bits per heavy atom. The monoisotopic (exact) mass is 560 g/mol. The second-order valence-corrected chi connectivity index (χ2v) is 12.5. The number of fused-ring (bicyclic) bond motifs is 1. The molecular formula is C22H29N6NaO6S2. The molecule has 0 unspecified atom stereocenters. The van der Waals surface area contributed by atoms with Crippen molar-refractivity contribution in [1.29, 1.82) is 0 Å². The number of rotatable bonds is 7. The van der Waals surface area contributed by atoms with E-state index in [9.17, 15) is 24.3 Å². The van der Waals surface area contributed by atoms with Gasteiger partial charge in [0.05, 0.1) is 12.0 Å². The molecule has 3 fully saturated rings. The molecule has 15 heteroatoms. The SMILES string of the molecule is CN(C)C(=O)C1CCC(O/N=C(\C(=O)N[C@H]2C(=O)N3[C@@H]2SC(C)(C)[C@@H]3C(=O)[O-])c2csc(N)n2)CC1.[Na+]. The van der Waals surface area contributed by atoms with Crippen molar-refractivity contribution < 1.29 is 58.7 Å². The van der Waals surface area contributed by atoms with Crippen LogP contribution in [-0.4, -0.2) is 86.6 Å². The van der Waals surface area contributed by atoms with Crippen LogP contribution in [0.2, 0.25) is 0 Å². The quantitative estimate of drug-likeness (QED) is 0.148. The number of amides is 3. The summed E-state index contributed by atoms with van der Waals surface area (Å²) in [6.07, 6.45) is 2.25. The van der Waals surface area contributed by atoms with Gasteiger partial charge in [-0.15, -0.1) is 23.1 Å². The van der Waals surface area contributed by atoms with Gasteiger partial charge < -0.3 is 35.6 Å². The minimum absolute atomic E-state index is 0. The molecule has 196 valence electrons. The molecule has 1 aromatic heterocycles. The zero-order chi connectivity index (χ0) is 26.4. The smallest absolute Gasteiger partial charge is 0.548 e. The van der Waals surface area contributed by atoms with Crippen molar-refractivity contribution in [1.82, 2.24) is 20.1 Å². The normalized spacial score (nSPS) is 28.4. The molecule has 2 aliphatic heterocycles. The number of aromatic nitrogens is 1. The van der Waals surface area contributed by atoms with Crippen LogP contribution in [0.25, 0.3) is 0 Å². The third-order valence-electron chi connectivity index (χ3n) is 6.69. The van der Waals surface area contributed by atoms with Crippen LogP contribution in [0.15, 0.2) is 10.5 Å². The van der Waals surface area contributed by atoms with E-state index in [0.717, 1.165) is 11.3 Å². The summed E-state index contributed by atoms with van der Waals surface area (Å²) in [5.74, 6) is -2.48. The topological polar surface area (TPSA) is 170 Å². The van der Waals surface area contributed by atoms with Crippen molar-refractivity contribution in [3.05, 3.63) is 11.1 Å². The molecule has 0 radical (unpaired) electrons. The van der Waals surface area contributed by atoms with Crippen LogP contribution < -0.4 is 45.7 Å². The van der Waals surface area contributed by atoms with Crippen molar-refractivity contribution >= 4 is 57.6 Å². The number of hydrogen-bond acceptors (Lipinski definition) is 11. The second kappa shape index (κ2) is 11.5. The van der Waals surface area contributed by atoms with E-state index in [1.54, 1.807) is 38.2 Å². The number of carbonyl (C=O) groups excluding carboxylic acids is 4. The summed E-state index contributed by atoms with van der Waals surface area (Å²) in [5, 5.41) is 19.6. The molecule has 3 amide bonds. The van der Waals surface area contributed by atoms with Gasteiger partial charge in [-0.1, -0.05) is 5.16 Å². The predicted molar refractivity (Wildman–Crippen MR) is 132 cm³/mol. The van der Waals surface area contributed by atoms with Crippen LogP contribution in [0, 0.1) is 5.92 Å². The zero-order valence-corrected chi connectivity index (χ0v) is 25.1. The largest absolute Gasteiger partial charge is 1.00 e. The predicted octanol–water partition coefficient (Wildman–Crippen LogP) is -3.61. The third kappa shape index (κ3) is 5.92. The van der Waals surface area contributed by atoms with E-state index in [4.69, 9.17) is 10.6 Å². The van der Waals surface area contributed by atoms with Gasteiger partial charge in [0.25, 0.3) is 5.91 Å². The summed E-state index contributed by atoms with van der Waals surface area (Å²) >= 11 is 2.43.